The Morgan fingerprint density at radius 1 is 1.21 bits per heavy atom. The van der Waals surface area contributed by atoms with Crippen molar-refractivity contribution < 1.29 is 4.74 Å². The molecule has 5 nitrogen and oxygen atoms in total. The summed E-state index contributed by atoms with van der Waals surface area (Å²) in [5, 5.41) is 4.29. The van der Waals surface area contributed by atoms with Crippen LogP contribution in [0.5, 0.6) is 5.75 Å². The number of methoxy groups -OCH3 is 1. The second-order valence-corrected chi connectivity index (χ2v) is 8.95. The number of fused-ring (bicyclic) bond motifs is 1. The molecule has 0 spiro atoms. The van der Waals surface area contributed by atoms with Crippen molar-refractivity contribution in [2.24, 2.45) is 0 Å². The molecule has 0 unspecified atom stereocenters. The number of para-hydroxylation sites is 1. The van der Waals surface area contributed by atoms with Crippen LogP contribution >= 0.6 is 39.0 Å². The Balaban J connectivity index is 1.61. The Bertz CT molecular complexity index is 1240. The Labute approximate surface area is 184 Å². The molecule has 0 atom stereocenters. The summed E-state index contributed by atoms with van der Waals surface area (Å²) >= 11 is 6.54. The van der Waals surface area contributed by atoms with Crippen LogP contribution < -0.4 is 10.3 Å². The molecule has 0 saturated carbocycles. The van der Waals surface area contributed by atoms with E-state index in [-0.39, 0.29) is 5.56 Å². The predicted molar refractivity (Wildman–Crippen MR) is 123 cm³/mol. The van der Waals surface area contributed by atoms with Gasteiger partial charge in [0.25, 0.3) is 5.56 Å². The van der Waals surface area contributed by atoms with Crippen LogP contribution in [0.2, 0.25) is 0 Å². The first-order chi connectivity index (χ1) is 14.1. The van der Waals surface area contributed by atoms with Crippen LogP contribution in [0.4, 0.5) is 0 Å². The molecular formula is C21H18BrN3O2S2. The molecule has 0 radical (unpaired) electrons. The molecule has 4 rings (SSSR count). The fourth-order valence-electron chi connectivity index (χ4n) is 3.02. The van der Waals surface area contributed by atoms with Gasteiger partial charge < -0.3 is 4.74 Å². The molecule has 0 fully saturated rings. The minimum atomic E-state index is -0.0192. The monoisotopic (exact) mass is 487 g/mol. The van der Waals surface area contributed by atoms with Crippen LogP contribution in [0.1, 0.15) is 12.6 Å². The molecule has 0 aliphatic rings. The molecule has 0 N–H and O–H groups in total. The van der Waals surface area contributed by atoms with Gasteiger partial charge in [-0.25, -0.2) is 9.97 Å². The Morgan fingerprint density at radius 2 is 2.03 bits per heavy atom. The number of ether oxygens (including phenoxy) is 1. The molecule has 4 aromatic rings. The number of hydrogen-bond acceptors (Lipinski definition) is 6. The maximum atomic E-state index is 12.9. The van der Waals surface area contributed by atoms with Gasteiger partial charge in [0, 0.05) is 22.2 Å². The van der Waals surface area contributed by atoms with Crippen molar-refractivity contribution in [3.63, 3.8) is 0 Å². The van der Waals surface area contributed by atoms with Gasteiger partial charge in [0.15, 0.2) is 5.16 Å². The summed E-state index contributed by atoms with van der Waals surface area (Å²) in [5.74, 6) is 1.45. The van der Waals surface area contributed by atoms with Gasteiger partial charge in [-0.05, 0) is 37.3 Å². The van der Waals surface area contributed by atoms with E-state index in [9.17, 15) is 4.79 Å². The first kappa shape index (κ1) is 20.1. The Kier molecular flexibility index (Phi) is 6.03. The van der Waals surface area contributed by atoms with Crippen molar-refractivity contribution in [2.75, 3.05) is 7.11 Å². The van der Waals surface area contributed by atoms with Gasteiger partial charge in [-0.1, -0.05) is 39.8 Å². The number of thiazole rings is 1. The van der Waals surface area contributed by atoms with Gasteiger partial charge in [0.2, 0.25) is 0 Å². The molecule has 0 aliphatic carbocycles. The van der Waals surface area contributed by atoms with Gasteiger partial charge in [-0.15, -0.1) is 11.3 Å². The molecule has 8 heteroatoms. The van der Waals surface area contributed by atoms with E-state index in [1.54, 1.807) is 23.0 Å². The quantitative estimate of drug-likeness (QED) is 0.261. The van der Waals surface area contributed by atoms with Crippen molar-refractivity contribution >= 4 is 49.9 Å². The maximum Gasteiger partial charge on any atom is 0.262 e. The van der Waals surface area contributed by atoms with Crippen LogP contribution in [0.15, 0.2) is 62.3 Å². The molecule has 0 saturated heterocycles. The lowest BCUT2D eigenvalue weighted by molar-refractivity contribution is 0.416. The highest BCUT2D eigenvalue weighted by Crippen LogP contribution is 2.33. The number of hydrogen-bond donors (Lipinski definition) is 0. The minimum absolute atomic E-state index is 0.0192. The van der Waals surface area contributed by atoms with E-state index in [2.05, 4.69) is 15.9 Å². The van der Waals surface area contributed by atoms with Crippen LogP contribution in [0, 0.1) is 0 Å². The SMILES string of the molecule is CCn1c(SCc2csc(-c3ccccc3OC)n2)nc2ccc(Br)cc2c1=O. The fraction of sp³-hybridized carbons (Fsp3) is 0.190. The van der Waals surface area contributed by atoms with Gasteiger partial charge >= 0.3 is 0 Å². The zero-order chi connectivity index (χ0) is 20.4. The molecule has 0 amide bonds. The van der Waals surface area contributed by atoms with Crippen molar-refractivity contribution in [3.05, 3.63) is 68.4 Å². The van der Waals surface area contributed by atoms with E-state index in [4.69, 9.17) is 14.7 Å². The smallest absolute Gasteiger partial charge is 0.262 e. The summed E-state index contributed by atoms with van der Waals surface area (Å²) in [6, 6.07) is 13.5. The molecule has 2 heterocycles. The zero-order valence-electron chi connectivity index (χ0n) is 15.9. The molecule has 148 valence electrons. The number of benzene rings is 2. The third-order valence-electron chi connectivity index (χ3n) is 4.44. The summed E-state index contributed by atoms with van der Waals surface area (Å²) < 4.78 is 8.03. The van der Waals surface area contributed by atoms with Gasteiger partial charge in [0.05, 0.1) is 29.3 Å². The fourth-order valence-corrected chi connectivity index (χ4v) is 5.29. The molecule has 0 bridgehead atoms. The molecule has 0 aliphatic heterocycles. The van der Waals surface area contributed by atoms with E-state index in [0.29, 0.717) is 28.4 Å². The standard InChI is InChI=1S/C21H18BrN3O2S2/c1-3-25-20(26)16-10-13(22)8-9-17(16)24-21(25)29-12-14-11-28-19(23-14)15-6-4-5-7-18(15)27-2/h4-11H,3,12H2,1-2H3. The van der Waals surface area contributed by atoms with Crippen LogP contribution in [0.25, 0.3) is 21.5 Å². The first-order valence-electron chi connectivity index (χ1n) is 9.01. The third kappa shape index (κ3) is 4.10. The van der Waals surface area contributed by atoms with E-state index in [0.717, 1.165) is 26.5 Å². The normalized spacial score (nSPS) is 11.1. The van der Waals surface area contributed by atoms with E-state index >= 15 is 0 Å². The van der Waals surface area contributed by atoms with E-state index < -0.39 is 0 Å². The Hall–Kier alpha value is -2.16. The number of aromatic nitrogens is 3. The van der Waals surface area contributed by atoms with Crippen molar-refractivity contribution in [1.82, 2.24) is 14.5 Å². The predicted octanol–water partition coefficient (Wildman–Crippen LogP) is 5.60. The average molecular weight is 488 g/mol. The minimum Gasteiger partial charge on any atom is -0.496 e. The third-order valence-corrected chi connectivity index (χ3v) is 6.86. The summed E-state index contributed by atoms with van der Waals surface area (Å²) in [6.07, 6.45) is 0. The topological polar surface area (TPSA) is 57.0 Å². The molecular weight excluding hydrogens is 470 g/mol. The average Bonchev–Trinajstić information content (AvgIpc) is 3.21. The highest BCUT2D eigenvalue weighted by Gasteiger charge is 2.13. The summed E-state index contributed by atoms with van der Waals surface area (Å²) in [6.45, 7) is 2.53. The zero-order valence-corrected chi connectivity index (χ0v) is 19.1. The van der Waals surface area contributed by atoms with Crippen LogP contribution in [0.3, 0.4) is 0 Å². The lowest BCUT2D eigenvalue weighted by Crippen LogP contribution is -2.22. The van der Waals surface area contributed by atoms with Crippen molar-refractivity contribution in [3.8, 4) is 16.3 Å². The van der Waals surface area contributed by atoms with E-state index in [1.165, 1.54) is 11.8 Å². The van der Waals surface area contributed by atoms with Crippen LogP contribution in [-0.4, -0.2) is 21.6 Å². The second kappa shape index (κ2) is 8.69. The summed E-state index contributed by atoms with van der Waals surface area (Å²) in [4.78, 5) is 22.3. The van der Waals surface area contributed by atoms with E-state index in [1.807, 2.05) is 54.8 Å². The van der Waals surface area contributed by atoms with Gasteiger partial charge in [-0.3, -0.25) is 9.36 Å². The maximum absolute atomic E-state index is 12.9. The first-order valence-corrected chi connectivity index (χ1v) is 11.7. The second-order valence-electron chi connectivity index (χ2n) is 6.24. The largest absolute Gasteiger partial charge is 0.496 e. The van der Waals surface area contributed by atoms with Gasteiger partial charge in [-0.2, -0.15) is 0 Å². The van der Waals surface area contributed by atoms with Crippen molar-refractivity contribution in [2.45, 2.75) is 24.4 Å². The summed E-state index contributed by atoms with van der Waals surface area (Å²) in [7, 11) is 1.66. The number of rotatable bonds is 6. The number of thioether (sulfide) groups is 1. The summed E-state index contributed by atoms with van der Waals surface area (Å²) in [5.41, 5.74) is 2.62. The van der Waals surface area contributed by atoms with Gasteiger partial charge in [0.1, 0.15) is 10.8 Å². The molecule has 29 heavy (non-hydrogen) atoms. The van der Waals surface area contributed by atoms with Crippen LogP contribution in [-0.2, 0) is 12.3 Å². The lowest BCUT2D eigenvalue weighted by atomic mass is 10.2. The highest BCUT2D eigenvalue weighted by molar-refractivity contribution is 9.10. The molecule has 2 aromatic carbocycles. The lowest BCUT2D eigenvalue weighted by Gasteiger charge is -2.10. The molecule has 2 aromatic heterocycles. The highest BCUT2D eigenvalue weighted by atomic mass is 79.9. The van der Waals surface area contributed by atoms with Crippen molar-refractivity contribution in [1.29, 1.82) is 0 Å². The Morgan fingerprint density at radius 3 is 2.83 bits per heavy atom. The number of nitrogens with zero attached hydrogens (tertiary/aromatic N) is 3. The number of halogens is 1.